The average molecular weight is 335 g/mol. The van der Waals surface area contributed by atoms with Crippen molar-refractivity contribution in [2.75, 3.05) is 31.1 Å². The van der Waals surface area contributed by atoms with E-state index in [0.29, 0.717) is 17.9 Å². The van der Waals surface area contributed by atoms with Crippen LogP contribution in [0.5, 0.6) is 0 Å². The van der Waals surface area contributed by atoms with Crippen LogP contribution in [0.2, 0.25) is 5.02 Å². The van der Waals surface area contributed by atoms with Crippen LogP contribution in [0.4, 0.5) is 10.2 Å². The van der Waals surface area contributed by atoms with E-state index >= 15 is 0 Å². The van der Waals surface area contributed by atoms with Gasteiger partial charge in [0.1, 0.15) is 6.33 Å². The molecule has 23 heavy (non-hydrogen) atoms. The predicted octanol–water partition coefficient (Wildman–Crippen LogP) is 3.15. The molecule has 0 spiro atoms. The lowest BCUT2D eigenvalue weighted by molar-refractivity contribution is 0.248. The molecule has 2 aromatic rings. The van der Waals surface area contributed by atoms with Crippen molar-refractivity contribution in [2.45, 2.75) is 19.9 Å². The van der Waals surface area contributed by atoms with Gasteiger partial charge in [-0.05, 0) is 18.1 Å². The summed E-state index contributed by atoms with van der Waals surface area (Å²) in [6, 6.07) is 7.90. The number of aromatic nitrogens is 2. The quantitative estimate of drug-likeness (QED) is 0.859. The smallest absolute Gasteiger partial charge is 0.187 e. The summed E-state index contributed by atoms with van der Waals surface area (Å²) in [5, 5.41) is 0.796. The summed E-state index contributed by atoms with van der Waals surface area (Å²) >= 11 is 6.22. The topological polar surface area (TPSA) is 32.3 Å². The third-order valence-electron chi connectivity index (χ3n) is 4.20. The first kappa shape index (κ1) is 16.1. The second-order valence-corrected chi connectivity index (χ2v) is 6.07. The number of hydrogen-bond acceptors (Lipinski definition) is 4. The Bertz CT molecular complexity index is 671. The molecular formula is C17H20ClFN4. The Kier molecular flexibility index (Phi) is 5.08. The molecule has 0 radical (unpaired) electrons. The molecule has 2 heterocycles. The van der Waals surface area contributed by atoms with Crippen molar-refractivity contribution >= 4 is 17.4 Å². The molecule has 4 nitrogen and oxygen atoms in total. The van der Waals surface area contributed by atoms with Crippen molar-refractivity contribution in [1.82, 2.24) is 14.9 Å². The molecule has 0 saturated carbocycles. The van der Waals surface area contributed by atoms with Gasteiger partial charge in [0.2, 0.25) is 0 Å². The minimum atomic E-state index is -0.283. The van der Waals surface area contributed by atoms with Gasteiger partial charge in [0.05, 0.1) is 5.69 Å². The van der Waals surface area contributed by atoms with Crippen LogP contribution < -0.4 is 4.90 Å². The summed E-state index contributed by atoms with van der Waals surface area (Å²) in [6.07, 6.45) is 2.03. The third-order valence-corrected chi connectivity index (χ3v) is 4.57. The minimum absolute atomic E-state index is 0.283. The van der Waals surface area contributed by atoms with Gasteiger partial charge in [-0.1, -0.05) is 36.7 Å². The molecule has 1 aliphatic rings. The van der Waals surface area contributed by atoms with E-state index in [1.54, 1.807) is 0 Å². The standard InChI is InChI=1S/C17H20ClFN4/c1-2-15-16(19)17(21-12-20-15)23-9-7-22(8-10-23)11-13-5-3-4-6-14(13)18/h3-6,12H,2,7-11H2,1H3. The van der Waals surface area contributed by atoms with Gasteiger partial charge in [0, 0.05) is 37.7 Å². The highest BCUT2D eigenvalue weighted by Crippen LogP contribution is 2.22. The second-order valence-electron chi connectivity index (χ2n) is 5.67. The van der Waals surface area contributed by atoms with E-state index in [-0.39, 0.29) is 5.82 Å². The summed E-state index contributed by atoms with van der Waals surface area (Å²) in [5.41, 5.74) is 1.61. The van der Waals surface area contributed by atoms with Gasteiger partial charge in [0.15, 0.2) is 11.6 Å². The Morgan fingerprint density at radius 1 is 1.13 bits per heavy atom. The van der Waals surface area contributed by atoms with Gasteiger partial charge in [0.25, 0.3) is 0 Å². The number of benzene rings is 1. The molecular weight excluding hydrogens is 315 g/mol. The third kappa shape index (κ3) is 3.62. The molecule has 122 valence electrons. The number of rotatable bonds is 4. The SMILES string of the molecule is CCc1ncnc(N2CCN(Cc3ccccc3Cl)CC2)c1F. The van der Waals surface area contributed by atoms with Gasteiger partial charge in [-0.25, -0.2) is 14.4 Å². The van der Waals surface area contributed by atoms with Crippen LogP contribution in [-0.2, 0) is 13.0 Å². The van der Waals surface area contributed by atoms with Crippen LogP contribution >= 0.6 is 11.6 Å². The van der Waals surface area contributed by atoms with E-state index in [9.17, 15) is 4.39 Å². The first-order valence-corrected chi connectivity index (χ1v) is 8.27. The van der Waals surface area contributed by atoms with E-state index in [0.717, 1.165) is 43.3 Å². The summed E-state index contributed by atoms with van der Waals surface area (Å²) in [6.45, 7) is 5.94. The zero-order valence-electron chi connectivity index (χ0n) is 13.2. The molecule has 1 aromatic carbocycles. The number of nitrogens with zero attached hydrogens (tertiary/aromatic N) is 4. The Balaban J connectivity index is 1.64. The summed E-state index contributed by atoms with van der Waals surface area (Å²) in [7, 11) is 0. The minimum Gasteiger partial charge on any atom is -0.352 e. The molecule has 1 fully saturated rings. The van der Waals surface area contributed by atoms with Crippen molar-refractivity contribution in [1.29, 1.82) is 0 Å². The Morgan fingerprint density at radius 3 is 2.57 bits per heavy atom. The summed E-state index contributed by atoms with van der Waals surface area (Å²) < 4.78 is 14.4. The van der Waals surface area contributed by atoms with Crippen LogP contribution in [0.1, 0.15) is 18.2 Å². The molecule has 1 saturated heterocycles. The van der Waals surface area contributed by atoms with Crippen molar-refractivity contribution in [2.24, 2.45) is 0 Å². The lowest BCUT2D eigenvalue weighted by Gasteiger charge is -2.35. The van der Waals surface area contributed by atoms with Gasteiger partial charge in [-0.15, -0.1) is 0 Å². The van der Waals surface area contributed by atoms with E-state index < -0.39 is 0 Å². The molecule has 3 rings (SSSR count). The fourth-order valence-electron chi connectivity index (χ4n) is 2.85. The number of halogens is 2. The van der Waals surface area contributed by atoms with Gasteiger partial charge in [-0.2, -0.15) is 0 Å². The highest BCUT2D eigenvalue weighted by Gasteiger charge is 2.22. The van der Waals surface area contributed by atoms with Crippen molar-refractivity contribution < 1.29 is 4.39 Å². The highest BCUT2D eigenvalue weighted by atomic mass is 35.5. The first-order valence-electron chi connectivity index (χ1n) is 7.89. The maximum absolute atomic E-state index is 14.4. The van der Waals surface area contributed by atoms with Crippen LogP contribution in [0.25, 0.3) is 0 Å². The molecule has 0 unspecified atom stereocenters. The predicted molar refractivity (Wildman–Crippen MR) is 90.3 cm³/mol. The van der Waals surface area contributed by atoms with Gasteiger partial charge < -0.3 is 4.90 Å². The van der Waals surface area contributed by atoms with Gasteiger partial charge >= 0.3 is 0 Å². The normalized spacial score (nSPS) is 15.9. The van der Waals surface area contributed by atoms with Crippen LogP contribution in [-0.4, -0.2) is 41.0 Å². The molecule has 0 atom stereocenters. The van der Waals surface area contributed by atoms with Crippen LogP contribution in [0, 0.1) is 5.82 Å². The zero-order valence-corrected chi connectivity index (χ0v) is 13.9. The molecule has 1 aromatic heterocycles. The number of aryl methyl sites for hydroxylation is 1. The average Bonchev–Trinajstić information content (AvgIpc) is 2.58. The molecule has 1 aliphatic heterocycles. The van der Waals surface area contributed by atoms with Gasteiger partial charge in [-0.3, -0.25) is 4.90 Å². The lowest BCUT2D eigenvalue weighted by Crippen LogP contribution is -2.46. The highest BCUT2D eigenvalue weighted by molar-refractivity contribution is 6.31. The fraction of sp³-hybridized carbons (Fsp3) is 0.412. The number of piperazine rings is 1. The van der Waals surface area contributed by atoms with Crippen molar-refractivity contribution in [3.63, 3.8) is 0 Å². The zero-order chi connectivity index (χ0) is 16.2. The monoisotopic (exact) mass is 334 g/mol. The Morgan fingerprint density at radius 2 is 1.87 bits per heavy atom. The molecule has 6 heteroatoms. The summed E-state index contributed by atoms with van der Waals surface area (Å²) in [5.74, 6) is 0.142. The maximum atomic E-state index is 14.4. The van der Waals surface area contributed by atoms with Crippen LogP contribution in [0.3, 0.4) is 0 Å². The molecule has 0 N–H and O–H groups in total. The number of anilines is 1. The largest absolute Gasteiger partial charge is 0.352 e. The van der Waals surface area contributed by atoms with Crippen molar-refractivity contribution in [3.8, 4) is 0 Å². The second kappa shape index (κ2) is 7.23. The van der Waals surface area contributed by atoms with E-state index in [2.05, 4.69) is 14.9 Å². The Hall–Kier alpha value is -1.72. The fourth-order valence-corrected chi connectivity index (χ4v) is 3.04. The Labute approximate surface area is 140 Å². The lowest BCUT2D eigenvalue weighted by atomic mass is 10.2. The molecule has 0 bridgehead atoms. The number of hydrogen-bond donors (Lipinski definition) is 0. The molecule has 0 amide bonds. The molecule has 0 aliphatic carbocycles. The first-order chi connectivity index (χ1) is 11.2. The summed E-state index contributed by atoms with van der Waals surface area (Å²) in [4.78, 5) is 12.5. The van der Waals surface area contributed by atoms with E-state index in [1.807, 2.05) is 36.1 Å². The van der Waals surface area contributed by atoms with Crippen molar-refractivity contribution in [3.05, 3.63) is 52.7 Å². The van der Waals surface area contributed by atoms with Crippen LogP contribution in [0.15, 0.2) is 30.6 Å². The van der Waals surface area contributed by atoms with E-state index in [1.165, 1.54) is 6.33 Å². The van der Waals surface area contributed by atoms with E-state index in [4.69, 9.17) is 11.6 Å². The maximum Gasteiger partial charge on any atom is 0.187 e.